The minimum absolute atomic E-state index is 0.222. The molecule has 1 aromatic carbocycles. The molecule has 0 unspecified atom stereocenters. The fourth-order valence-corrected chi connectivity index (χ4v) is 1.49. The number of hydrogen-bond acceptors (Lipinski definition) is 3. The van der Waals surface area contributed by atoms with Gasteiger partial charge in [0.1, 0.15) is 18.1 Å². The average Bonchev–Trinajstić information content (AvgIpc) is 2.59. The molecule has 0 aliphatic heterocycles. The van der Waals surface area contributed by atoms with Gasteiger partial charge in [-0.05, 0) is 24.6 Å². The Hall–Kier alpha value is -1.97. The Morgan fingerprint density at radius 3 is 2.81 bits per heavy atom. The van der Waals surface area contributed by atoms with Crippen LogP contribution in [0.2, 0.25) is 0 Å². The Morgan fingerprint density at radius 1 is 1.38 bits per heavy atom. The number of nitrogens with zero attached hydrogens (tertiary/aromatic N) is 2. The van der Waals surface area contributed by atoms with Gasteiger partial charge >= 0.3 is 0 Å². The Kier molecular flexibility index (Phi) is 2.81. The summed E-state index contributed by atoms with van der Waals surface area (Å²) in [5.74, 6) is 0.888. The lowest BCUT2D eigenvalue weighted by molar-refractivity contribution is 0.295. The maximum Gasteiger partial charge on any atom is 0.130 e. The summed E-state index contributed by atoms with van der Waals surface area (Å²) in [6.45, 7) is 2.36. The minimum atomic E-state index is 0.222. The predicted molar refractivity (Wildman–Crippen MR) is 60.4 cm³/mol. The van der Waals surface area contributed by atoms with Crippen LogP contribution < -0.4 is 4.74 Å². The first-order valence-electron chi connectivity index (χ1n) is 5.04. The van der Waals surface area contributed by atoms with Gasteiger partial charge in [0, 0.05) is 13.1 Å². The zero-order valence-electron chi connectivity index (χ0n) is 9.34. The summed E-state index contributed by atoms with van der Waals surface area (Å²) in [5.41, 5.74) is 1.96. The third kappa shape index (κ3) is 2.34. The number of aryl methyl sites for hydroxylation is 2. The molecule has 4 heteroatoms. The fraction of sp³-hybridized carbons (Fsp3) is 0.250. The number of phenolic OH excluding ortho intramolecular Hbond substituents is 1. The van der Waals surface area contributed by atoms with Gasteiger partial charge in [0.2, 0.25) is 0 Å². The Morgan fingerprint density at radius 2 is 2.19 bits per heavy atom. The first-order chi connectivity index (χ1) is 7.65. The van der Waals surface area contributed by atoms with E-state index in [1.165, 1.54) is 0 Å². The van der Waals surface area contributed by atoms with E-state index in [9.17, 15) is 5.11 Å². The fourth-order valence-electron chi connectivity index (χ4n) is 1.49. The van der Waals surface area contributed by atoms with Crippen molar-refractivity contribution in [3.8, 4) is 11.5 Å². The zero-order valence-corrected chi connectivity index (χ0v) is 9.34. The van der Waals surface area contributed by atoms with Gasteiger partial charge in [-0.3, -0.25) is 0 Å². The summed E-state index contributed by atoms with van der Waals surface area (Å²) in [4.78, 5) is 4.00. The van der Waals surface area contributed by atoms with Gasteiger partial charge in [-0.15, -0.1) is 0 Å². The van der Waals surface area contributed by atoms with E-state index in [2.05, 4.69) is 4.98 Å². The lowest BCUT2D eigenvalue weighted by Gasteiger charge is -2.07. The number of aromatic nitrogens is 2. The molecule has 0 fully saturated rings. The number of hydrogen-bond donors (Lipinski definition) is 1. The van der Waals surface area contributed by atoms with Gasteiger partial charge in [-0.1, -0.05) is 0 Å². The maximum absolute atomic E-state index is 9.41. The summed E-state index contributed by atoms with van der Waals surface area (Å²) in [6, 6.07) is 5.18. The third-order valence-electron chi connectivity index (χ3n) is 2.34. The van der Waals surface area contributed by atoms with E-state index in [4.69, 9.17) is 4.74 Å². The third-order valence-corrected chi connectivity index (χ3v) is 2.34. The van der Waals surface area contributed by atoms with E-state index < -0.39 is 0 Å². The standard InChI is InChI=1S/C12H14N2O2/c1-9-3-11(15)5-12(4-9)16-7-10-6-13-8-14(10)2/h3-6,8,15H,7H2,1-2H3. The summed E-state index contributed by atoms with van der Waals surface area (Å²) < 4.78 is 7.47. The second kappa shape index (κ2) is 4.26. The van der Waals surface area contributed by atoms with Gasteiger partial charge in [0.15, 0.2) is 0 Å². The van der Waals surface area contributed by atoms with Crippen molar-refractivity contribution in [3.63, 3.8) is 0 Å². The molecule has 0 bridgehead atoms. The van der Waals surface area contributed by atoms with Crippen molar-refractivity contribution in [3.05, 3.63) is 42.0 Å². The highest BCUT2D eigenvalue weighted by Gasteiger charge is 2.01. The maximum atomic E-state index is 9.41. The Labute approximate surface area is 94.1 Å². The first-order valence-corrected chi connectivity index (χ1v) is 5.04. The van der Waals surface area contributed by atoms with Gasteiger partial charge < -0.3 is 14.4 Å². The molecule has 0 aliphatic carbocycles. The second-order valence-corrected chi connectivity index (χ2v) is 3.79. The van der Waals surface area contributed by atoms with Gasteiger partial charge in [0.25, 0.3) is 0 Å². The van der Waals surface area contributed by atoms with Crippen LogP contribution in [0.5, 0.6) is 11.5 Å². The molecule has 0 spiro atoms. The topological polar surface area (TPSA) is 47.3 Å². The van der Waals surface area contributed by atoms with E-state index in [0.29, 0.717) is 12.4 Å². The number of ether oxygens (including phenoxy) is 1. The van der Waals surface area contributed by atoms with E-state index in [1.54, 1.807) is 24.7 Å². The summed E-state index contributed by atoms with van der Waals surface area (Å²) in [7, 11) is 1.92. The highest BCUT2D eigenvalue weighted by Crippen LogP contribution is 2.21. The first kappa shape index (κ1) is 10.5. The smallest absolute Gasteiger partial charge is 0.130 e. The molecule has 0 aliphatic rings. The van der Waals surface area contributed by atoms with Crippen molar-refractivity contribution in [2.75, 3.05) is 0 Å². The molecule has 4 nitrogen and oxygen atoms in total. The van der Waals surface area contributed by atoms with Crippen molar-refractivity contribution >= 4 is 0 Å². The van der Waals surface area contributed by atoms with E-state index in [-0.39, 0.29) is 5.75 Å². The second-order valence-electron chi connectivity index (χ2n) is 3.79. The summed E-state index contributed by atoms with van der Waals surface area (Å²) in [6.07, 6.45) is 3.49. The summed E-state index contributed by atoms with van der Waals surface area (Å²) >= 11 is 0. The zero-order chi connectivity index (χ0) is 11.5. The van der Waals surface area contributed by atoms with Gasteiger partial charge in [-0.2, -0.15) is 0 Å². The van der Waals surface area contributed by atoms with Crippen molar-refractivity contribution < 1.29 is 9.84 Å². The van der Waals surface area contributed by atoms with Gasteiger partial charge in [-0.25, -0.2) is 4.98 Å². The number of imidazole rings is 1. The molecule has 1 heterocycles. The van der Waals surface area contributed by atoms with Crippen LogP contribution in [0.25, 0.3) is 0 Å². The molecule has 0 atom stereocenters. The molecule has 0 radical (unpaired) electrons. The van der Waals surface area contributed by atoms with Crippen molar-refractivity contribution in [2.24, 2.45) is 7.05 Å². The molecule has 1 N–H and O–H groups in total. The van der Waals surface area contributed by atoms with Crippen LogP contribution in [0.3, 0.4) is 0 Å². The van der Waals surface area contributed by atoms with Crippen LogP contribution in [-0.4, -0.2) is 14.7 Å². The Balaban J connectivity index is 2.07. The molecule has 1 aromatic heterocycles. The number of benzene rings is 1. The highest BCUT2D eigenvalue weighted by atomic mass is 16.5. The predicted octanol–water partition coefficient (Wildman–Crippen LogP) is 2.01. The molecule has 0 amide bonds. The normalized spacial score (nSPS) is 10.4. The molecule has 2 rings (SSSR count). The van der Waals surface area contributed by atoms with Crippen molar-refractivity contribution in [1.82, 2.24) is 9.55 Å². The molecular formula is C12H14N2O2. The quantitative estimate of drug-likeness (QED) is 0.857. The number of rotatable bonds is 3. The van der Waals surface area contributed by atoms with E-state index >= 15 is 0 Å². The summed E-state index contributed by atoms with van der Waals surface area (Å²) in [5, 5.41) is 9.41. The minimum Gasteiger partial charge on any atom is -0.508 e. The monoisotopic (exact) mass is 218 g/mol. The average molecular weight is 218 g/mol. The lowest BCUT2D eigenvalue weighted by atomic mass is 10.2. The van der Waals surface area contributed by atoms with Crippen LogP contribution in [-0.2, 0) is 13.7 Å². The van der Waals surface area contributed by atoms with Crippen LogP contribution in [0.15, 0.2) is 30.7 Å². The largest absolute Gasteiger partial charge is 0.508 e. The molecule has 16 heavy (non-hydrogen) atoms. The highest BCUT2D eigenvalue weighted by molar-refractivity contribution is 5.36. The van der Waals surface area contributed by atoms with Crippen LogP contribution in [0, 0.1) is 6.92 Å². The van der Waals surface area contributed by atoms with Gasteiger partial charge in [0.05, 0.1) is 18.2 Å². The van der Waals surface area contributed by atoms with Crippen LogP contribution >= 0.6 is 0 Å². The SMILES string of the molecule is Cc1cc(O)cc(OCc2cncn2C)c1. The van der Waals surface area contributed by atoms with E-state index in [0.717, 1.165) is 11.3 Å². The van der Waals surface area contributed by atoms with Crippen LogP contribution in [0.4, 0.5) is 0 Å². The number of aromatic hydroxyl groups is 1. The van der Waals surface area contributed by atoms with Crippen molar-refractivity contribution in [1.29, 1.82) is 0 Å². The molecule has 0 saturated heterocycles. The molecule has 2 aromatic rings. The molecule has 0 saturated carbocycles. The van der Waals surface area contributed by atoms with E-state index in [1.807, 2.05) is 24.6 Å². The number of phenols is 1. The molecular weight excluding hydrogens is 204 g/mol. The van der Waals surface area contributed by atoms with Crippen LogP contribution in [0.1, 0.15) is 11.3 Å². The Bertz CT molecular complexity index is 471. The molecule has 84 valence electrons. The van der Waals surface area contributed by atoms with Crippen molar-refractivity contribution in [2.45, 2.75) is 13.5 Å². The lowest BCUT2D eigenvalue weighted by Crippen LogP contribution is -2.01.